The topological polar surface area (TPSA) is 46.5 Å². The summed E-state index contributed by atoms with van der Waals surface area (Å²) in [6.07, 6.45) is 2.19. The molecule has 0 aromatic heterocycles. The third-order valence-corrected chi connectivity index (χ3v) is 6.46. The highest BCUT2D eigenvalue weighted by atomic mass is 35.5. The van der Waals surface area contributed by atoms with Crippen LogP contribution in [0.2, 0.25) is 5.02 Å². The average Bonchev–Trinajstić information content (AvgIpc) is 2.87. The Morgan fingerprint density at radius 3 is 2.15 bits per heavy atom. The zero-order valence-corrected chi connectivity index (χ0v) is 19.9. The molecular formula is C29H23ClO3S. The molecule has 0 unspecified atom stereocenters. The third-order valence-electron chi connectivity index (χ3n) is 5.19. The van der Waals surface area contributed by atoms with E-state index in [1.165, 1.54) is 11.1 Å². The molecule has 4 aromatic rings. The van der Waals surface area contributed by atoms with Crippen LogP contribution in [0, 0.1) is 0 Å². The second-order valence-electron chi connectivity index (χ2n) is 7.51. The summed E-state index contributed by atoms with van der Waals surface area (Å²) < 4.78 is 5.20. The van der Waals surface area contributed by atoms with Crippen LogP contribution in [0.25, 0.3) is 16.7 Å². The molecule has 0 aliphatic rings. The molecule has 0 saturated heterocycles. The number of hydrogen-bond acceptors (Lipinski definition) is 3. The van der Waals surface area contributed by atoms with Gasteiger partial charge >= 0.3 is 5.97 Å². The van der Waals surface area contributed by atoms with Crippen molar-refractivity contribution < 1.29 is 14.6 Å². The number of hydrogen-bond donors (Lipinski definition) is 1. The molecule has 4 aromatic carbocycles. The number of aliphatic carboxylic acids is 1. The van der Waals surface area contributed by atoms with Crippen molar-refractivity contribution in [2.45, 2.75) is 4.90 Å². The van der Waals surface area contributed by atoms with E-state index >= 15 is 0 Å². The molecule has 0 spiro atoms. The van der Waals surface area contributed by atoms with E-state index in [-0.39, 0.29) is 6.61 Å². The Morgan fingerprint density at radius 2 is 1.47 bits per heavy atom. The van der Waals surface area contributed by atoms with Crippen LogP contribution in [-0.4, -0.2) is 23.4 Å². The summed E-state index contributed by atoms with van der Waals surface area (Å²) in [4.78, 5) is 11.7. The molecule has 0 heterocycles. The Balaban J connectivity index is 1.54. The largest absolute Gasteiger partial charge is 0.482 e. The van der Waals surface area contributed by atoms with E-state index in [9.17, 15) is 4.79 Å². The van der Waals surface area contributed by atoms with Crippen molar-refractivity contribution in [2.24, 2.45) is 0 Å². The highest BCUT2D eigenvalue weighted by Gasteiger charge is 2.10. The molecule has 170 valence electrons. The molecule has 0 fully saturated rings. The maximum Gasteiger partial charge on any atom is 0.341 e. The average molecular weight is 487 g/mol. The summed E-state index contributed by atoms with van der Waals surface area (Å²) in [6, 6.07) is 34.2. The van der Waals surface area contributed by atoms with Crippen LogP contribution in [0.15, 0.2) is 114 Å². The Morgan fingerprint density at radius 1 is 0.824 bits per heavy atom. The van der Waals surface area contributed by atoms with Gasteiger partial charge in [0.2, 0.25) is 0 Å². The number of benzene rings is 4. The van der Waals surface area contributed by atoms with Crippen LogP contribution in [0.3, 0.4) is 0 Å². The molecule has 0 saturated carbocycles. The summed E-state index contributed by atoms with van der Waals surface area (Å²) in [5, 5.41) is 9.45. The van der Waals surface area contributed by atoms with E-state index in [0.717, 1.165) is 27.3 Å². The van der Waals surface area contributed by atoms with Gasteiger partial charge in [-0.1, -0.05) is 90.5 Å². The first-order chi connectivity index (χ1) is 16.6. The van der Waals surface area contributed by atoms with Gasteiger partial charge in [-0.3, -0.25) is 0 Å². The summed E-state index contributed by atoms with van der Waals surface area (Å²) in [5.41, 5.74) is 5.53. The molecule has 4 rings (SSSR count). The molecule has 0 aliphatic heterocycles. The minimum absolute atomic E-state index is 0.348. The Kier molecular flexibility index (Phi) is 8.08. The number of carbonyl (C=O) groups is 1. The zero-order valence-electron chi connectivity index (χ0n) is 18.4. The Labute approximate surface area is 208 Å². The maximum atomic E-state index is 10.6. The summed E-state index contributed by atoms with van der Waals surface area (Å²) >= 11 is 8.24. The van der Waals surface area contributed by atoms with Gasteiger partial charge in [-0.2, -0.15) is 0 Å². The lowest BCUT2D eigenvalue weighted by molar-refractivity contribution is -0.139. The van der Waals surface area contributed by atoms with Crippen molar-refractivity contribution in [3.8, 4) is 16.9 Å². The van der Waals surface area contributed by atoms with Crippen LogP contribution in [0.5, 0.6) is 5.75 Å². The fourth-order valence-electron chi connectivity index (χ4n) is 3.53. The molecule has 1 N–H and O–H groups in total. The summed E-state index contributed by atoms with van der Waals surface area (Å²) in [7, 11) is 0. The first-order valence-electron chi connectivity index (χ1n) is 10.8. The quantitative estimate of drug-likeness (QED) is 0.246. The van der Waals surface area contributed by atoms with E-state index in [1.54, 1.807) is 23.9 Å². The molecule has 5 heteroatoms. The van der Waals surface area contributed by atoms with Gasteiger partial charge in [0.1, 0.15) is 5.75 Å². The number of carboxylic acids is 1. The molecule has 0 bridgehead atoms. The van der Waals surface area contributed by atoms with Crippen molar-refractivity contribution in [2.75, 3.05) is 12.4 Å². The van der Waals surface area contributed by atoms with Crippen LogP contribution in [0.4, 0.5) is 0 Å². The van der Waals surface area contributed by atoms with Crippen LogP contribution in [-0.2, 0) is 4.79 Å². The van der Waals surface area contributed by atoms with E-state index in [2.05, 4.69) is 42.5 Å². The fraction of sp³-hybridized carbons (Fsp3) is 0.0690. The minimum atomic E-state index is -0.993. The zero-order chi connectivity index (χ0) is 23.8. The SMILES string of the molecule is O=C(O)COc1ccc(SC/C=C(\c2ccc(-c3ccccc3)cc2)c2ccccc2Cl)cc1. The van der Waals surface area contributed by atoms with Gasteiger partial charge in [0, 0.05) is 21.2 Å². The number of halogens is 1. The number of rotatable bonds is 9. The predicted molar refractivity (Wildman–Crippen MR) is 141 cm³/mol. The van der Waals surface area contributed by atoms with Crippen molar-refractivity contribution in [3.63, 3.8) is 0 Å². The fourth-order valence-corrected chi connectivity index (χ4v) is 4.54. The first kappa shape index (κ1) is 23.7. The lowest BCUT2D eigenvalue weighted by atomic mass is 9.95. The van der Waals surface area contributed by atoms with Gasteiger partial charge < -0.3 is 9.84 Å². The maximum absolute atomic E-state index is 10.6. The van der Waals surface area contributed by atoms with Crippen molar-refractivity contribution in [1.29, 1.82) is 0 Å². The van der Waals surface area contributed by atoms with Gasteiger partial charge in [0.25, 0.3) is 0 Å². The van der Waals surface area contributed by atoms with E-state index in [0.29, 0.717) is 10.8 Å². The molecule has 34 heavy (non-hydrogen) atoms. The van der Waals surface area contributed by atoms with Crippen LogP contribution < -0.4 is 4.74 Å². The standard InChI is InChI=1S/C29H23ClO3S/c30-28-9-5-4-8-27(28)26(23-12-10-22(11-13-23)21-6-2-1-3-7-21)18-19-34-25-16-14-24(15-17-25)33-20-29(31)32/h1-18H,19-20H2,(H,31,32)/b26-18+. The van der Waals surface area contributed by atoms with Crippen LogP contribution in [0.1, 0.15) is 11.1 Å². The summed E-state index contributed by atoms with van der Waals surface area (Å²) in [6.45, 7) is -0.348. The second kappa shape index (κ2) is 11.6. The highest BCUT2D eigenvalue weighted by Crippen LogP contribution is 2.32. The molecule has 0 aliphatic carbocycles. The summed E-state index contributed by atoms with van der Waals surface area (Å²) in [5.74, 6) is 0.293. The molecule has 0 atom stereocenters. The van der Waals surface area contributed by atoms with Crippen molar-refractivity contribution in [3.05, 3.63) is 125 Å². The van der Waals surface area contributed by atoms with E-state index in [4.69, 9.17) is 21.4 Å². The molecular weight excluding hydrogens is 464 g/mol. The van der Waals surface area contributed by atoms with Gasteiger partial charge in [0.15, 0.2) is 6.61 Å². The van der Waals surface area contributed by atoms with E-state index < -0.39 is 5.97 Å². The molecule has 0 radical (unpaired) electrons. The van der Waals surface area contributed by atoms with E-state index in [1.807, 2.05) is 54.6 Å². The number of thioether (sulfide) groups is 1. The van der Waals surface area contributed by atoms with Crippen LogP contribution >= 0.6 is 23.4 Å². The minimum Gasteiger partial charge on any atom is -0.482 e. The molecule has 0 amide bonds. The lowest BCUT2D eigenvalue weighted by Gasteiger charge is -2.12. The number of carboxylic acid groups (broad SMARTS) is 1. The normalized spacial score (nSPS) is 11.3. The van der Waals surface area contributed by atoms with Gasteiger partial charge in [-0.25, -0.2) is 4.79 Å². The predicted octanol–water partition coefficient (Wildman–Crippen LogP) is 7.69. The Bertz CT molecular complexity index is 1270. The first-order valence-corrected chi connectivity index (χ1v) is 12.1. The number of ether oxygens (including phenoxy) is 1. The highest BCUT2D eigenvalue weighted by molar-refractivity contribution is 7.99. The van der Waals surface area contributed by atoms with Crippen molar-refractivity contribution >= 4 is 34.9 Å². The van der Waals surface area contributed by atoms with Gasteiger partial charge in [0.05, 0.1) is 0 Å². The van der Waals surface area contributed by atoms with Gasteiger partial charge in [-0.15, -0.1) is 11.8 Å². The smallest absolute Gasteiger partial charge is 0.341 e. The molecule has 3 nitrogen and oxygen atoms in total. The Hall–Kier alpha value is -3.47. The third kappa shape index (κ3) is 6.31. The monoisotopic (exact) mass is 486 g/mol. The van der Waals surface area contributed by atoms with Gasteiger partial charge in [-0.05, 0) is 52.6 Å². The van der Waals surface area contributed by atoms with Crippen molar-refractivity contribution in [1.82, 2.24) is 0 Å². The lowest BCUT2D eigenvalue weighted by Crippen LogP contribution is -2.09. The second-order valence-corrected chi connectivity index (χ2v) is 9.01.